The van der Waals surface area contributed by atoms with Crippen LogP contribution in [0.4, 0.5) is 0 Å². The molecule has 0 spiro atoms. The van der Waals surface area contributed by atoms with Crippen LogP contribution in [0, 0.1) is 11.8 Å². The van der Waals surface area contributed by atoms with Gasteiger partial charge in [0.1, 0.15) is 5.75 Å². The maximum atomic E-state index is 12.2. The van der Waals surface area contributed by atoms with Crippen molar-refractivity contribution in [3.05, 3.63) is 24.3 Å². The third-order valence-corrected chi connectivity index (χ3v) is 6.19. The van der Waals surface area contributed by atoms with Gasteiger partial charge in [-0.2, -0.15) is 0 Å². The summed E-state index contributed by atoms with van der Waals surface area (Å²) in [7, 11) is -1.87. The first-order valence-electron chi connectivity index (χ1n) is 6.76. The minimum atomic E-state index is -3.43. The number of halogens is 1. The van der Waals surface area contributed by atoms with Crippen molar-refractivity contribution >= 4 is 26.0 Å². The third kappa shape index (κ3) is 3.74. The van der Waals surface area contributed by atoms with Crippen LogP contribution in [-0.2, 0) is 10.0 Å². The van der Waals surface area contributed by atoms with Crippen molar-refractivity contribution in [1.82, 2.24) is 4.72 Å². The first-order chi connectivity index (χ1) is 9.56. The highest BCUT2D eigenvalue weighted by Gasteiger charge is 2.27. The Morgan fingerprint density at radius 1 is 1.25 bits per heavy atom. The third-order valence-electron chi connectivity index (χ3n) is 3.92. The molecule has 1 aromatic rings. The van der Waals surface area contributed by atoms with E-state index in [2.05, 4.69) is 20.7 Å². The molecule has 0 radical (unpaired) electrons. The number of methoxy groups -OCH3 is 1. The van der Waals surface area contributed by atoms with E-state index in [0.29, 0.717) is 24.1 Å². The van der Waals surface area contributed by atoms with Crippen molar-refractivity contribution in [2.45, 2.75) is 24.2 Å². The zero-order valence-corrected chi connectivity index (χ0v) is 13.9. The molecule has 1 aliphatic carbocycles. The molecule has 0 amide bonds. The monoisotopic (exact) mass is 361 g/mol. The zero-order valence-electron chi connectivity index (χ0n) is 11.5. The summed E-state index contributed by atoms with van der Waals surface area (Å²) in [5.41, 5.74) is 0. The fourth-order valence-electron chi connectivity index (χ4n) is 2.64. The lowest BCUT2D eigenvalue weighted by molar-refractivity contribution is 0.414. The van der Waals surface area contributed by atoms with Crippen LogP contribution in [0.3, 0.4) is 0 Å². The van der Waals surface area contributed by atoms with E-state index in [9.17, 15) is 8.42 Å². The molecule has 2 unspecified atom stereocenters. The minimum Gasteiger partial charge on any atom is -0.497 e. The molecular formula is C14H20BrNO3S. The maximum absolute atomic E-state index is 12.2. The number of ether oxygens (including phenoxy) is 1. The summed E-state index contributed by atoms with van der Waals surface area (Å²) in [6.07, 6.45) is 3.47. The summed E-state index contributed by atoms with van der Waals surface area (Å²) in [6, 6.07) is 6.45. The molecule has 1 saturated carbocycles. The molecule has 4 nitrogen and oxygen atoms in total. The second kappa shape index (κ2) is 6.91. The van der Waals surface area contributed by atoms with Gasteiger partial charge < -0.3 is 4.74 Å². The minimum absolute atomic E-state index is 0.284. The number of benzene rings is 1. The molecular weight excluding hydrogens is 342 g/mol. The zero-order chi connectivity index (χ0) is 14.6. The summed E-state index contributed by atoms with van der Waals surface area (Å²) >= 11 is 3.51. The molecule has 112 valence electrons. The number of hydrogen-bond donors (Lipinski definition) is 1. The van der Waals surface area contributed by atoms with E-state index in [4.69, 9.17) is 4.74 Å². The van der Waals surface area contributed by atoms with Crippen molar-refractivity contribution in [1.29, 1.82) is 0 Å². The van der Waals surface area contributed by atoms with E-state index in [-0.39, 0.29) is 4.90 Å². The molecule has 1 N–H and O–H groups in total. The van der Waals surface area contributed by atoms with Crippen LogP contribution in [0.1, 0.15) is 19.3 Å². The van der Waals surface area contributed by atoms with Crippen LogP contribution in [0.2, 0.25) is 0 Å². The first-order valence-corrected chi connectivity index (χ1v) is 9.37. The fraction of sp³-hybridized carbons (Fsp3) is 0.571. The molecule has 0 aromatic heterocycles. The van der Waals surface area contributed by atoms with Gasteiger partial charge in [0, 0.05) is 11.9 Å². The first kappa shape index (κ1) is 15.8. The lowest BCUT2D eigenvalue weighted by atomic mass is 9.99. The smallest absolute Gasteiger partial charge is 0.240 e. The second-order valence-corrected chi connectivity index (χ2v) is 7.55. The van der Waals surface area contributed by atoms with E-state index >= 15 is 0 Å². The highest BCUT2D eigenvalue weighted by Crippen LogP contribution is 2.32. The van der Waals surface area contributed by atoms with Gasteiger partial charge in [-0.15, -0.1) is 0 Å². The average molecular weight is 362 g/mol. The number of rotatable bonds is 6. The van der Waals surface area contributed by atoms with Gasteiger partial charge in [-0.25, -0.2) is 13.1 Å². The Morgan fingerprint density at radius 2 is 1.90 bits per heavy atom. The van der Waals surface area contributed by atoms with Crippen molar-refractivity contribution in [3.8, 4) is 5.75 Å². The predicted molar refractivity (Wildman–Crippen MR) is 82.8 cm³/mol. The largest absolute Gasteiger partial charge is 0.497 e. The summed E-state index contributed by atoms with van der Waals surface area (Å²) < 4.78 is 32.2. The van der Waals surface area contributed by atoms with Gasteiger partial charge in [0.25, 0.3) is 0 Å². The van der Waals surface area contributed by atoms with Crippen LogP contribution < -0.4 is 9.46 Å². The van der Waals surface area contributed by atoms with E-state index in [1.165, 1.54) is 12.8 Å². The Balaban J connectivity index is 1.99. The van der Waals surface area contributed by atoms with E-state index in [1.807, 2.05) is 0 Å². The molecule has 6 heteroatoms. The second-order valence-electron chi connectivity index (χ2n) is 5.13. The van der Waals surface area contributed by atoms with Crippen molar-refractivity contribution in [2.75, 3.05) is 19.0 Å². The number of nitrogens with one attached hydrogen (secondary N) is 1. The Morgan fingerprint density at radius 3 is 2.50 bits per heavy atom. The van der Waals surface area contributed by atoms with Gasteiger partial charge in [0.15, 0.2) is 0 Å². The number of sulfonamides is 1. The molecule has 20 heavy (non-hydrogen) atoms. The standard InChI is InChI=1S/C14H20BrNO3S/c1-19-13-5-7-14(8-6-13)20(17,18)16-10-12-4-2-3-11(12)9-15/h5-8,11-12,16H,2-4,9-10H2,1H3. The molecule has 0 aliphatic heterocycles. The average Bonchev–Trinajstić information content (AvgIpc) is 2.93. The summed E-state index contributed by atoms with van der Waals surface area (Å²) in [5.74, 6) is 1.66. The van der Waals surface area contributed by atoms with E-state index < -0.39 is 10.0 Å². The molecule has 2 atom stereocenters. The highest BCUT2D eigenvalue weighted by atomic mass is 79.9. The normalized spacial score (nSPS) is 22.9. The van der Waals surface area contributed by atoms with Gasteiger partial charge in [0.2, 0.25) is 10.0 Å². The SMILES string of the molecule is COc1ccc(S(=O)(=O)NCC2CCCC2CBr)cc1. The van der Waals surface area contributed by atoms with Crippen LogP contribution in [0.15, 0.2) is 29.2 Å². The molecule has 2 rings (SSSR count). The van der Waals surface area contributed by atoms with Crippen molar-refractivity contribution in [2.24, 2.45) is 11.8 Å². The summed E-state index contributed by atoms with van der Waals surface area (Å²) in [6.45, 7) is 0.518. The van der Waals surface area contributed by atoms with Gasteiger partial charge >= 0.3 is 0 Å². The van der Waals surface area contributed by atoms with Crippen LogP contribution in [0.5, 0.6) is 5.75 Å². The molecule has 0 bridgehead atoms. The lowest BCUT2D eigenvalue weighted by Gasteiger charge is -2.17. The quantitative estimate of drug-likeness (QED) is 0.792. The Bertz CT molecular complexity index is 530. The fourth-order valence-corrected chi connectivity index (χ4v) is 4.59. The molecule has 1 aliphatic rings. The van der Waals surface area contributed by atoms with E-state index in [1.54, 1.807) is 31.4 Å². The van der Waals surface area contributed by atoms with Gasteiger partial charge in [-0.05, 0) is 48.9 Å². The van der Waals surface area contributed by atoms with E-state index in [0.717, 1.165) is 11.8 Å². The summed E-state index contributed by atoms with van der Waals surface area (Å²) in [5, 5.41) is 0.946. The molecule has 1 aromatic carbocycles. The lowest BCUT2D eigenvalue weighted by Crippen LogP contribution is -2.31. The predicted octanol–water partition coefficient (Wildman–Crippen LogP) is 2.78. The van der Waals surface area contributed by atoms with Crippen molar-refractivity contribution < 1.29 is 13.2 Å². The van der Waals surface area contributed by atoms with Crippen molar-refractivity contribution in [3.63, 3.8) is 0 Å². The number of alkyl halides is 1. The van der Waals surface area contributed by atoms with Gasteiger partial charge in [0.05, 0.1) is 12.0 Å². The number of hydrogen-bond acceptors (Lipinski definition) is 3. The molecule has 0 saturated heterocycles. The van der Waals surface area contributed by atoms with Gasteiger partial charge in [-0.1, -0.05) is 22.4 Å². The van der Waals surface area contributed by atoms with Gasteiger partial charge in [-0.3, -0.25) is 0 Å². The maximum Gasteiger partial charge on any atom is 0.240 e. The topological polar surface area (TPSA) is 55.4 Å². The molecule has 0 heterocycles. The molecule has 1 fully saturated rings. The summed E-state index contributed by atoms with van der Waals surface area (Å²) in [4.78, 5) is 0.284. The Labute approximate surface area is 129 Å². The van der Waals surface area contributed by atoms with Crippen LogP contribution in [0.25, 0.3) is 0 Å². The van der Waals surface area contributed by atoms with Crippen LogP contribution >= 0.6 is 15.9 Å². The Kier molecular flexibility index (Phi) is 5.46. The highest BCUT2D eigenvalue weighted by molar-refractivity contribution is 9.09. The van der Waals surface area contributed by atoms with Crippen LogP contribution in [-0.4, -0.2) is 27.4 Å². The Hall–Kier alpha value is -0.590.